The third-order valence-corrected chi connectivity index (χ3v) is 4.05. The Morgan fingerprint density at radius 2 is 1.85 bits per heavy atom. The first-order chi connectivity index (χ1) is 9.56. The van der Waals surface area contributed by atoms with Crippen LogP contribution in [0.25, 0.3) is 0 Å². The molecule has 2 nitrogen and oxygen atoms in total. The summed E-state index contributed by atoms with van der Waals surface area (Å²) >= 11 is 6.95. The van der Waals surface area contributed by atoms with Crippen molar-refractivity contribution in [2.24, 2.45) is 0 Å². The number of hydrogen-bond donors (Lipinski definition) is 2. The van der Waals surface area contributed by atoms with Gasteiger partial charge in [-0.15, -0.1) is 0 Å². The fourth-order valence-corrected chi connectivity index (χ4v) is 3.11. The van der Waals surface area contributed by atoms with E-state index < -0.39 is 0 Å². The number of hydrogen-bond acceptors (Lipinski definition) is 2. The zero-order valence-electron chi connectivity index (χ0n) is 11.2. The topological polar surface area (TPSA) is 38.0 Å². The number of anilines is 1. The van der Waals surface area contributed by atoms with Gasteiger partial charge in [-0.05, 0) is 45.8 Å². The summed E-state index contributed by atoms with van der Waals surface area (Å²) in [6.07, 6.45) is 12.3. The molecule has 102 valence electrons. The van der Waals surface area contributed by atoms with Crippen LogP contribution in [0.2, 0.25) is 0 Å². The van der Waals surface area contributed by atoms with E-state index in [1.54, 1.807) is 0 Å². The van der Waals surface area contributed by atoms with Crippen LogP contribution in [0.1, 0.15) is 5.56 Å². The molecule has 0 heterocycles. The Balaban J connectivity index is 2.13. The molecule has 5 heteroatoms. The molecule has 1 aliphatic carbocycles. The van der Waals surface area contributed by atoms with Gasteiger partial charge < -0.3 is 11.1 Å². The van der Waals surface area contributed by atoms with Crippen LogP contribution in [-0.4, -0.2) is 7.85 Å². The lowest BCUT2D eigenvalue weighted by Crippen LogP contribution is -2.13. The molecule has 0 bridgehead atoms. The second-order valence-electron chi connectivity index (χ2n) is 4.56. The maximum absolute atomic E-state index is 6.08. The predicted molar refractivity (Wildman–Crippen MR) is 96.1 cm³/mol. The van der Waals surface area contributed by atoms with Crippen LogP contribution in [0.3, 0.4) is 0 Å². The monoisotopic (exact) mass is 392 g/mol. The van der Waals surface area contributed by atoms with Gasteiger partial charge in [-0.1, -0.05) is 45.7 Å². The highest BCUT2D eigenvalue weighted by Crippen LogP contribution is 2.28. The van der Waals surface area contributed by atoms with Crippen LogP contribution in [-0.2, 0) is 6.54 Å². The summed E-state index contributed by atoms with van der Waals surface area (Å²) in [6, 6.07) is 3.98. The Hall–Kier alpha value is -1.20. The fraction of sp³-hybridized carbons (Fsp3) is 0.0667. The first-order valence-electron chi connectivity index (χ1n) is 6.27. The quantitative estimate of drug-likeness (QED) is 0.610. The lowest BCUT2D eigenvalue weighted by Gasteiger charge is -2.12. The molecule has 0 saturated carbocycles. The van der Waals surface area contributed by atoms with Crippen molar-refractivity contribution < 1.29 is 0 Å². The second-order valence-corrected chi connectivity index (χ2v) is 6.33. The molecule has 1 aliphatic rings. The van der Waals surface area contributed by atoms with E-state index in [0.29, 0.717) is 6.54 Å². The minimum absolute atomic E-state index is 0.677. The lowest BCUT2D eigenvalue weighted by atomic mass is 9.94. The summed E-state index contributed by atoms with van der Waals surface area (Å²) in [6.45, 7) is 0.677. The van der Waals surface area contributed by atoms with Crippen molar-refractivity contribution in [1.82, 2.24) is 5.32 Å². The number of rotatable bonds is 3. The molecule has 0 saturated heterocycles. The van der Waals surface area contributed by atoms with Gasteiger partial charge in [0.2, 0.25) is 0 Å². The molecule has 0 unspecified atom stereocenters. The van der Waals surface area contributed by atoms with E-state index in [1.165, 1.54) is 5.47 Å². The van der Waals surface area contributed by atoms with E-state index in [0.717, 1.165) is 25.9 Å². The van der Waals surface area contributed by atoms with Crippen molar-refractivity contribution in [3.05, 3.63) is 74.3 Å². The van der Waals surface area contributed by atoms with Gasteiger partial charge in [0.25, 0.3) is 0 Å². The van der Waals surface area contributed by atoms with E-state index in [9.17, 15) is 0 Å². The molecule has 1 aromatic carbocycles. The number of nitrogens with two attached hydrogens (primary N) is 1. The first kappa shape index (κ1) is 15.2. The average Bonchev–Trinajstić information content (AvgIpc) is 2.39. The van der Waals surface area contributed by atoms with E-state index in [2.05, 4.69) is 63.3 Å². The summed E-state index contributed by atoms with van der Waals surface area (Å²) in [5, 5.41) is 3.40. The first-order valence-corrected chi connectivity index (χ1v) is 7.85. The Labute approximate surface area is 137 Å². The lowest BCUT2D eigenvalue weighted by molar-refractivity contribution is 0.834. The van der Waals surface area contributed by atoms with Crippen molar-refractivity contribution in [2.45, 2.75) is 6.54 Å². The molecular formula is C15H15BBr2N2. The van der Waals surface area contributed by atoms with E-state index in [-0.39, 0.29) is 0 Å². The number of benzene rings is 1. The predicted octanol–water partition coefficient (Wildman–Crippen LogP) is 3.41. The minimum Gasteiger partial charge on any atom is -0.398 e. The molecule has 20 heavy (non-hydrogen) atoms. The SMILES string of the molecule is BC1=C/C=C(NCc2cc(Br)cc(Br)c2N)\C=C/C=C\1. The van der Waals surface area contributed by atoms with Crippen molar-refractivity contribution in [3.8, 4) is 0 Å². The van der Waals surface area contributed by atoms with Crippen molar-refractivity contribution in [3.63, 3.8) is 0 Å². The average molecular weight is 394 g/mol. The van der Waals surface area contributed by atoms with Crippen LogP contribution in [0.5, 0.6) is 0 Å². The van der Waals surface area contributed by atoms with Gasteiger partial charge in [-0.25, -0.2) is 0 Å². The number of allylic oxidation sites excluding steroid dienone is 7. The Bertz CT molecular complexity index is 631. The second kappa shape index (κ2) is 7.00. The standard InChI is InChI=1S/C15H15BBr2N2/c16-11-3-1-2-4-13(6-5-11)20-9-10-7-12(17)8-14(18)15(10)19/h1-8,20H,9,16,19H2/b2-1?,3-1-,4-2-,6-5?,11-3?,11-5+,13-4?,13-6+. The molecule has 0 aromatic heterocycles. The highest BCUT2D eigenvalue weighted by Gasteiger charge is 2.05. The van der Waals surface area contributed by atoms with Gasteiger partial charge in [0.15, 0.2) is 0 Å². The maximum atomic E-state index is 6.08. The van der Waals surface area contributed by atoms with Crippen molar-refractivity contribution >= 4 is 45.4 Å². The summed E-state index contributed by atoms with van der Waals surface area (Å²) < 4.78 is 1.92. The van der Waals surface area contributed by atoms with Crippen LogP contribution >= 0.6 is 31.9 Å². The summed E-state index contributed by atoms with van der Waals surface area (Å²) in [5.74, 6) is 0. The highest BCUT2D eigenvalue weighted by molar-refractivity contribution is 9.11. The fourth-order valence-electron chi connectivity index (χ4n) is 1.80. The molecule has 3 N–H and O–H groups in total. The van der Waals surface area contributed by atoms with Crippen LogP contribution < -0.4 is 11.1 Å². The molecule has 0 radical (unpaired) electrons. The van der Waals surface area contributed by atoms with Gasteiger partial charge in [0, 0.05) is 21.2 Å². The summed E-state index contributed by atoms with van der Waals surface area (Å²) in [7, 11) is 2.08. The van der Waals surface area contributed by atoms with Gasteiger partial charge in [-0.3, -0.25) is 0 Å². The molecule has 0 aliphatic heterocycles. The highest BCUT2D eigenvalue weighted by atomic mass is 79.9. The van der Waals surface area contributed by atoms with E-state index in [4.69, 9.17) is 5.73 Å². The van der Waals surface area contributed by atoms with Crippen molar-refractivity contribution in [1.29, 1.82) is 0 Å². The third-order valence-electron chi connectivity index (χ3n) is 2.93. The Morgan fingerprint density at radius 3 is 2.65 bits per heavy atom. The zero-order valence-corrected chi connectivity index (χ0v) is 14.3. The largest absolute Gasteiger partial charge is 0.398 e. The summed E-state index contributed by atoms with van der Waals surface area (Å²) in [4.78, 5) is 0. The zero-order chi connectivity index (χ0) is 14.5. The van der Waals surface area contributed by atoms with Crippen LogP contribution in [0, 0.1) is 0 Å². The molecule has 0 fully saturated rings. The van der Waals surface area contributed by atoms with Gasteiger partial charge >= 0.3 is 0 Å². The van der Waals surface area contributed by atoms with Crippen molar-refractivity contribution in [2.75, 3.05) is 5.73 Å². The Morgan fingerprint density at radius 1 is 1.10 bits per heavy atom. The number of nitrogen functional groups attached to an aromatic ring is 1. The molecule has 0 atom stereocenters. The molecular weight excluding hydrogens is 379 g/mol. The van der Waals surface area contributed by atoms with E-state index in [1.807, 2.05) is 30.4 Å². The smallest absolute Gasteiger partial charge is 0.139 e. The molecule has 0 amide bonds. The van der Waals surface area contributed by atoms with Crippen LogP contribution in [0.15, 0.2) is 68.7 Å². The van der Waals surface area contributed by atoms with E-state index >= 15 is 0 Å². The molecule has 1 aromatic rings. The third kappa shape index (κ3) is 4.15. The maximum Gasteiger partial charge on any atom is 0.139 e. The number of halogens is 2. The normalized spacial score (nSPS) is 22.7. The molecule has 0 spiro atoms. The molecule has 2 rings (SSSR count). The van der Waals surface area contributed by atoms with Gasteiger partial charge in [0.1, 0.15) is 7.85 Å². The number of nitrogens with one attached hydrogen (secondary N) is 1. The van der Waals surface area contributed by atoms with Gasteiger partial charge in [-0.2, -0.15) is 0 Å². The Kier molecular flexibility index (Phi) is 5.32. The summed E-state index contributed by atoms with van der Waals surface area (Å²) in [5.41, 5.74) is 10.2. The minimum atomic E-state index is 0.677. The van der Waals surface area contributed by atoms with Gasteiger partial charge in [0.05, 0.1) is 5.69 Å². The van der Waals surface area contributed by atoms with Crippen LogP contribution in [0.4, 0.5) is 5.69 Å².